The molecular formula is C15H26N4. The van der Waals surface area contributed by atoms with E-state index in [1.54, 1.807) is 0 Å². The quantitative estimate of drug-likeness (QED) is 0.839. The summed E-state index contributed by atoms with van der Waals surface area (Å²) in [4.78, 5) is 11.4. The van der Waals surface area contributed by atoms with E-state index in [0.29, 0.717) is 0 Å². The maximum absolute atomic E-state index is 4.74. The summed E-state index contributed by atoms with van der Waals surface area (Å²) in [6, 6.07) is 0. The maximum atomic E-state index is 4.74. The van der Waals surface area contributed by atoms with Gasteiger partial charge in [-0.1, -0.05) is 6.92 Å². The monoisotopic (exact) mass is 262 g/mol. The van der Waals surface area contributed by atoms with Crippen LogP contribution in [0.3, 0.4) is 0 Å². The molecule has 0 saturated heterocycles. The summed E-state index contributed by atoms with van der Waals surface area (Å²) < 4.78 is 0. The third-order valence-corrected chi connectivity index (χ3v) is 3.77. The van der Waals surface area contributed by atoms with Crippen LogP contribution in [-0.4, -0.2) is 48.6 Å². The average Bonchev–Trinajstić information content (AvgIpc) is 2.42. The Morgan fingerprint density at radius 3 is 3.00 bits per heavy atom. The zero-order valence-corrected chi connectivity index (χ0v) is 12.4. The van der Waals surface area contributed by atoms with E-state index < -0.39 is 0 Å². The number of likely N-dealkylation sites (N-methyl/N-ethyl adjacent to an activating group) is 1. The first-order valence-electron chi connectivity index (χ1n) is 7.38. The zero-order valence-electron chi connectivity index (χ0n) is 12.4. The van der Waals surface area contributed by atoms with Crippen molar-refractivity contribution in [1.82, 2.24) is 20.2 Å². The van der Waals surface area contributed by atoms with Gasteiger partial charge >= 0.3 is 0 Å². The molecule has 19 heavy (non-hydrogen) atoms. The molecule has 0 saturated carbocycles. The Kier molecular flexibility index (Phi) is 5.28. The van der Waals surface area contributed by atoms with Gasteiger partial charge in [0.1, 0.15) is 5.82 Å². The lowest BCUT2D eigenvalue weighted by molar-refractivity contribution is 0.405. The smallest absolute Gasteiger partial charge is 0.129 e. The third kappa shape index (κ3) is 4.25. The molecule has 0 aromatic carbocycles. The average molecular weight is 262 g/mol. The SMILES string of the molecule is CCNCC1CCc2nc(CCN(C)C)ncc2C1. The molecule has 0 amide bonds. The highest BCUT2D eigenvalue weighted by Crippen LogP contribution is 2.23. The van der Waals surface area contributed by atoms with E-state index in [1.807, 2.05) is 0 Å². The summed E-state index contributed by atoms with van der Waals surface area (Å²) in [6.45, 7) is 5.36. The Balaban J connectivity index is 1.95. The molecule has 0 fully saturated rings. The number of hydrogen-bond donors (Lipinski definition) is 1. The van der Waals surface area contributed by atoms with Gasteiger partial charge in [-0.25, -0.2) is 9.97 Å². The normalized spacial score (nSPS) is 18.6. The predicted molar refractivity (Wildman–Crippen MR) is 78.3 cm³/mol. The van der Waals surface area contributed by atoms with Crippen LogP contribution >= 0.6 is 0 Å². The molecule has 1 unspecified atom stereocenters. The van der Waals surface area contributed by atoms with Crippen molar-refractivity contribution in [1.29, 1.82) is 0 Å². The second-order valence-electron chi connectivity index (χ2n) is 5.73. The Hall–Kier alpha value is -1.00. The molecule has 0 spiro atoms. The molecule has 0 aliphatic heterocycles. The minimum absolute atomic E-state index is 0.753. The van der Waals surface area contributed by atoms with Crippen molar-refractivity contribution in [3.8, 4) is 0 Å². The number of nitrogens with zero attached hydrogens (tertiary/aromatic N) is 3. The standard InChI is InChI=1S/C15H26N4/c1-4-16-10-12-5-6-14-13(9-12)11-17-15(18-14)7-8-19(2)3/h11-12,16H,4-10H2,1-3H3. The lowest BCUT2D eigenvalue weighted by atomic mass is 9.87. The minimum Gasteiger partial charge on any atom is -0.317 e. The molecule has 1 atom stereocenters. The van der Waals surface area contributed by atoms with Crippen molar-refractivity contribution in [3.63, 3.8) is 0 Å². The lowest BCUT2D eigenvalue weighted by Crippen LogP contribution is -2.28. The topological polar surface area (TPSA) is 41.1 Å². The van der Waals surface area contributed by atoms with Crippen LogP contribution in [0.2, 0.25) is 0 Å². The van der Waals surface area contributed by atoms with E-state index in [1.165, 1.54) is 17.7 Å². The minimum atomic E-state index is 0.753. The fourth-order valence-corrected chi connectivity index (χ4v) is 2.59. The van der Waals surface area contributed by atoms with Crippen LogP contribution in [0, 0.1) is 5.92 Å². The van der Waals surface area contributed by atoms with Crippen molar-refractivity contribution in [3.05, 3.63) is 23.3 Å². The molecule has 0 radical (unpaired) electrons. The highest BCUT2D eigenvalue weighted by molar-refractivity contribution is 5.21. The first kappa shape index (κ1) is 14.4. The van der Waals surface area contributed by atoms with Crippen molar-refractivity contribution >= 4 is 0 Å². The van der Waals surface area contributed by atoms with Crippen LogP contribution in [0.4, 0.5) is 0 Å². The number of fused-ring (bicyclic) bond motifs is 1. The summed E-state index contributed by atoms with van der Waals surface area (Å²) in [5.41, 5.74) is 2.65. The highest BCUT2D eigenvalue weighted by atomic mass is 15.1. The summed E-state index contributed by atoms with van der Waals surface area (Å²) in [6.07, 6.45) is 6.51. The lowest BCUT2D eigenvalue weighted by Gasteiger charge is -2.24. The Morgan fingerprint density at radius 1 is 1.42 bits per heavy atom. The Morgan fingerprint density at radius 2 is 2.26 bits per heavy atom. The van der Waals surface area contributed by atoms with Gasteiger partial charge in [-0.15, -0.1) is 0 Å². The first-order valence-corrected chi connectivity index (χ1v) is 7.38. The summed E-state index contributed by atoms with van der Waals surface area (Å²) in [5.74, 6) is 1.75. The van der Waals surface area contributed by atoms with E-state index in [4.69, 9.17) is 4.98 Å². The number of aromatic nitrogens is 2. The van der Waals surface area contributed by atoms with Crippen LogP contribution in [0.5, 0.6) is 0 Å². The van der Waals surface area contributed by atoms with E-state index in [0.717, 1.165) is 50.6 Å². The van der Waals surface area contributed by atoms with Crippen LogP contribution < -0.4 is 5.32 Å². The van der Waals surface area contributed by atoms with E-state index >= 15 is 0 Å². The fourth-order valence-electron chi connectivity index (χ4n) is 2.59. The fraction of sp³-hybridized carbons (Fsp3) is 0.733. The second-order valence-corrected chi connectivity index (χ2v) is 5.73. The van der Waals surface area contributed by atoms with E-state index in [9.17, 15) is 0 Å². The summed E-state index contributed by atoms with van der Waals surface area (Å²) in [5, 5.41) is 3.45. The molecule has 0 bridgehead atoms. The zero-order chi connectivity index (χ0) is 13.7. The van der Waals surface area contributed by atoms with Crippen molar-refractivity contribution < 1.29 is 0 Å². The largest absolute Gasteiger partial charge is 0.317 e. The number of aryl methyl sites for hydroxylation is 1. The van der Waals surface area contributed by atoms with Gasteiger partial charge in [0.05, 0.1) is 0 Å². The van der Waals surface area contributed by atoms with Gasteiger partial charge in [0.15, 0.2) is 0 Å². The van der Waals surface area contributed by atoms with Gasteiger partial charge in [-0.2, -0.15) is 0 Å². The molecule has 1 aliphatic rings. The van der Waals surface area contributed by atoms with Gasteiger partial charge in [-0.05, 0) is 57.9 Å². The number of nitrogens with one attached hydrogen (secondary N) is 1. The summed E-state index contributed by atoms with van der Waals surface area (Å²) >= 11 is 0. The summed E-state index contributed by atoms with van der Waals surface area (Å²) in [7, 11) is 4.17. The van der Waals surface area contributed by atoms with Gasteiger partial charge in [0, 0.05) is 24.9 Å². The van der Waals surface area contributed by atoms with Crippen LogP contribution in [0.1, 0.15) is 30.4 Å². The number of rotatable bonds is 6. The third-order valence-electron chi connectivity index (χ3n) is 3.77. The maximum Gasteiger partial charge on any atom is 0.129 e. The second kappa shape index (κ2) is 6.96. The van der Waals surface area contributed by atoms with Crippen LogP contribution in [0.25, 0.3) is 0 Å². The van der Waals surface area contributed by atoms with Crippen LogP contribution in [-0.2, 0) is 19.3 Å². The van der Waals surface area contributed by atoms with E-state index in [-0.39, 0.29) is 0 Å². The molecule has 1 aromatic heterocycles. The van der Waals surface area contributed by atoms with E-state index in [2.05, 4.69) is 42.4 Å². The van der Waals surface area contributed by atoms with Gasteiger partial charge in [-0.3, -0.25) is 0 Å². The van der Waals surface area contributed by atoms with Crippen LogP contribution in [0.15, 0.2) is 6.20 Å². The van der Waals surface area contributed by atoms with Crippen molar-refractivity contribution in [2.45, 2.75) is 32.6 Å². The molecular weight excluding hydrogens is 236 g/mol. The molecule has 1 aliphatic carbocycles. The molecule has 106 valence electrons. The first-order chi connectivity index (χ1) is 9.19. The Bertz CT molecular complexity index is 403. The van der Waals surface area contributed by atoms with Gasteiger partial charge < -0.3 is 10.2 Å². The molecule has 1 heterocycles. The molecule has 1 aromatic rings. The van der Waals surface area contributed by atoms with Gasteiger partial charge in [0.25, 0.3) is 0 Å². The molecule has 4 heteroatoms. The molecule has 2 rings (SSSR count). The molecule has 1 N–H and O–H groups in total. The highest BCUT2D eigenvalue weighted by Gasteiger charge is 2.20. The van der Waals surface area contributed by atoms with Crippen molar-refractivity contribution in [2.24, 2.45) is 5.92 Å². The molecule has 4 nitrogen and oxygen atoms in total. The predicted octanol–water partition coefficient (Wildman–Crippen LogP) is 1.30. The van der Waals surface area contributed by atoms with Gasteiger partial charge in [0.2, 0.25) is 0 Å². The van der Waals surface area contributed by atoms with Crippen molar-refractivity contribution in [2.75, 3.05) is 33.7 Å². The Labute approximate surface area is 116 Å². The number of hydrogen-bond acceptors (Lipinski definition) is 4.